The Morgan fingerprint density at radius 2 is 1.53 bits per heavy atom. The fourth-order valence-corrected chi connectivity index (χ4v) is 5.90. The van der Waals surface area contributed by atoms with Crippen LogP contribution in [-0.2, 0) is 27.6 Å². The normalized spacial score (nSPS) is 12.6. The summed E-state index contributed by atoms with van der Waals surface area (Å²) in [6.07, 6.45) is -5.00. The first-order chi connectivity index (χ1) is 20.2. The van der Waals surface area contributed by atoms with Crippen LogP contribution in [-0.4, -0.2) is 25.5 Å². The van der Waals surface area contributed by atoms with Crippen LogP contribution in [0.25, 0.3) is 11.1 Å². The second-order valence-corrected chi connectivity index (χ2v) is 12.1. The molecular weight excluding hydrogens is 581 g/mol. The van der Waals surface area contributed by atoms with Gasteiger partial charge in [-0.05, 0) is 83.6 Å². The van der Waals surface area contributed by atoms with E-state index in [4.69, 9.17) is 4.74 Å². The van der Waals surface area contributed by atoms with Gasteiger partial charge in [-0.2, -0.15) is 17.9 Å². The van der Waals surface area contributed by atoms with Crippen molar-refractivity contribution in [3.8, 4) is 16.9 Å². The minimum atomic E-state index is -5.00. The van der Waals surface area contributed by atoms with Crippen molar-refractivity contribution in [3.05, 3.63) is 108 Å². The number of benzene rings is 4. The highest BCUT2D eigenvalue weighted by molar-refractivity contribution is 7.89. The summed E-state index contributed by atoms with van der Waals surface area (Å²) in [6.45, 7) is 5.14. The van der Waals surface area contributed by atoms with Crippen LogP contribution in [0.4, 0.5) is 24.5 Å². The summed E-state index contributed by atoms with van der Waals surface area (Å²) in [6, 6.07) is 23.4. The molecule has 4 aromatic carbocycles. The van der Waals surface area contributed by atoms with Crippen molar-refractivity contribution < 1.29 is 36.2 Å². The number of halogens is 3. The van der Waals surface area contributed by atoms with Gasteiger partial charge in [0.2, 0.25) is 10.0 Å². The molecule has 0 aromatic heterocycles. The van der Waals surface area contributed by atoms with Gasteiger partial charge in [0.25, 0.3) is 0 Å². The first-order valence-electron chi connectivity index (χ1n) is 13.4. The van der Waals surface area contributed by atoms with Gasteiger partial charge >= 0.3 is 12.1 Å². The Balaban J connectivity index is 1.46. The van der Waals surface area contributed by atoms with E-state index in [2.05, 4.69) is 5.32 Å². The number of anilines is 2. The van der Waals surface area contributed by atoms with Crippen molar-refractivity contribution in [2.45, 2.75) is 44.5 Å². The molecule has 0 spiro atoms. The molecule has 0 amide bonds. The molecular formula is C32H31F3N2O5S. The number of ether oxygens (including phenoxy) is 1. The molecule has 11 heteroatoms. The first-order valence-corrected chi connectivity index (χ1v) is 14.8. The maximum absolute atomic E-state index is 14.0. The number of carbonyl (C=O) groups is 1. The largest absolute Gasteiger partial charge is 0.489 e. The van der Waals surface area contributed by atoms with Crippen molar-refractivity contribution in [2.24, 2.45) is 5.92 Å². The van der Waals surface area contributed by atoms with Gasteiger partial charge in [0.1, 0.15) is 18.4 Å². The number of hydrogen-bond donors (Lipinski definition) is 3. The first kappa shape index (κ1) is 31.6. The van der Waals surface area contributed by atoms with Gasteiger partial charge < -0.3 is 15.2 Å². The zero-order valence-corrected chi connectivity index (χ0v) is 24.5. The fraction of sp³-hybridized carbons (Fsp3) is 0.219. The van der Waals surface area contributed by atoms with Gasteiger partial charge in [-0.25, -0.2) is 8.42 Å². The van der Waals surface area contributed by atoms with E-state index in [9.17, 15) is 31.5 Å². The van der Waals surface area contributed by atoms with Crippen LogP contribution in [0.2, 0.25) is 0 Å². The molecule has 0 heterocycles. The number of aliphatic carboxylic acids is 1. The average Bonchev–Trinajstić information content (AvgIpc) is 2.95. The molecule has 0 saturated heterocycles. The molecule has 0 bridgehead atoms. The Hall–Kier alpha value is -4.35. The van der Waals surface area contributed by atoms with E-state index in [1.807, 2.05) is 60.2 Å². The summed E-state index contributed by atoms with van der Waals surface area (Å²) in [5.41, 5.74) is 2.99. The molecule has 0 unspecified atom stereocenters. The Kier molecular flexibility index (Phi) is 9.46. The lowest BCUT2D eigenvalue weighted by Gasteiger charge is -2.20. The highest BCUT2D eigenvalue weighted by Gasteiger charge is 2.39. The van der Waals surface area contributed by atoms with E-state index >= 15 is 0 Å². The quantitative estimate of drug-likeness (QED) is 0.163. The van der Waals surface area contributed by atoms with E-state index in [-0.39, 0.29) is 12.2 Å². The third-order valence-electron chi connectivity index (χ3n) is 6.64. The van der Waals surface area contributed by atoms with Crippen LogP contribution in [0, 0.1) is 12.8 Å². The van der Waals surface area contributed by atoms with E-state index in [0.717, 1.165) is 34.6 Å². The summed E-state index contributed by atoms with van der Waals surface area (Å²) in [4.78, 5) is 10.4. The third-order valence-corrected chi connectivity index (χ3v) is 8.14. The summed E-state index contributed by atoms with van der Waals surface area (Å²) in [5.74, 6) is -1.54. The second kappa shape index (κ2) is 12.9. The maximum Gasteiger partial charge on any atom is 0.417 e. The number of carboxylic acids is 1. The number of carboxylic acid groups (broad SMARTS) is 1. The monoisotopic (exact) mass is 612 g/mol. The smallest absolute Gasteiger partial charge is 0.417 e. The van der Waals surface area contributed by atoms with Crippen molar-refractivity contribution >= 4 is 27.4 Å². The van der Waals surface area contributed by atoms with Crippen LogP contribution < -0.4 is 14.8 Å². The minimum absolute atomic E-state index is 0.147. The number of aryl methyl sites for hydroxylation is 1. The Labute approximate surface area is 248 Å². The molecule has 0 aliphatic heterocycles. The molecule has 0 saturated carbocycles. The number of sulfonamides is 1. The van der Waals surface area contributed by atoms with Crippen LogP contribution >= 0.6 is 0 Å². The lowest BCUT2D eigenvalue weighted by molar-refractivity contribution is -0.140. The van der Waals surface area contributed by atoms with Crippen LogP contribution in [0.15, 0.2) is 95.9 Å². The molecule has 43 heavy (non-hydrogen) atoms. The van der Waals surface area contributed by atoms with Gasteiger partial charge in [-0.1, -0.05) is 56.3 Å². The summed E-state index contributed by atoms with van der Waals surface area (Å²) in [5, 5.41) is 12.6. The highest BCUT2D eigenvalue weighted by atomic mass is 32.2. The lowest BCUT2D eigenvalue weighted by Crippen LogP contribution is -2.44. The molecule has 3 N–H and O–H groups in total. The number of alkyl halides is 3. The standard InChI is InChI=1S/C32H31F3N2O5S/c1-20(2)30(31(38)39)37-43(40,41)29-16-11-24(18-28(29)32(33,34)35)23-9-7-22(8-10-23)19-42-27-14-12-25(13-15-27)36-26-6-4-5-21(3)17-26/h4-18,20,30,36-37H,19H2,1-3H3,(H,38,39)/t30-/m1/s1. The van der Waals surface area contributed by atoms with Gasteiger partial charge in [-0.15, -0.1) is 0 Å². The lowest BCUT2D eigenvalue weighted by atomic mass is 10.0. The average molecular weight is 613 g/mol. The zero-order valence-electron chi connectivity index (χ0n) is 23.6. The van der Waals surface area contributed by atoms with E-state index in [1.165, 1.54) is 19.9 Å². The van der Waals surface area contributed by atoms with E-state index in [0.29, 0.717) is 11.3 Å². The summed E-state index contributed by atoms with van der Waals surface area (Å²) in [7, 11) is -4.79. The summed E-state index contributed by atoms with van der Waals surface area (Å²) >= 11 is 0. The molecule has 7 nitrogen and oxygen atoms in total. The molecule has 1 atom stereocenters. The van der Waals surface area contributed by atoms with Crippen molar-refractivity contribution in [2.75, 3.05) is 5.32 Å². The van der Waals surface area contributed by atoms with E-state index in [1.54, 1.807) is 24.3 Å². The fourth-order valence-electron chi connectivity index (χ4n) is 4.35. The summed E-state index contributed by atoms with van der Waals surface area (Å²) < 4.78 is 75.3. The van der Waals surface area contributed by atoms with Gasteiger partial charge in [0, 0.05) is 11.4 Å². The Morgan fingerprint density at radius 1 is 0.884 bits per heavy atom. The second-order valence-electron chi connectivity index (χ2n) is 10.4. The van der Waals surface area contributed by atoms with Crippen LogP contribution in [0.1, 0.15) is 30.5 Å². The number of rotatable bonds is 11. The maximum atomic E-state index is 14.0. The zero-order chi connectivity index (χ0) is 31.4. The predicted octanol–water partition coefficient (Wildman–Crippen LogP) is 7.39. The SMILES string of the molecule is Cc1cccc(Nc2ccc(OCc3ccc(-c4ccc(S(=O)(=O)N[C@@H](C(=O)O)C(C)C)c(C(F)(F)F)c4)cc3)cc2)c1. The van der Waals surface area contributed by atoms with Crippen molar-refractivity contribution in [3.63, 3.8) is 0 Å². The molecule has 4 aromatic rings. The molecule has 4 rings (SSSR count). The topological polar surface area (TPSA) is 105 Å². The van der Waals surface area contributed by atoms with Crippen molar-refractivity contribution in [1.82, 2.24) is 4.72 Å². The van der Waals surface area contributed by atoms with Gasteiger partial charge in [0.15, 0.2) is 0 Å². The van der Waals surface area contributed by atoms with Crippen LogP contribution in [0.3, 0.4) is 0 Å². The van der Waals surface area contributed by atoms with Crippen molar-refractivity contribution in [1.29, 1.82) is 0 Å². The van der Waals surface area contributed by atoms with Gasteiger partial charge in [0.05, 0.1) is 10.5 Å². The highest BCUT2D eigenvalue weighted by Crippen LogP contribution is 2.37. The van der Waals surface area contributed by atoms with Crippen LogP contribution in [0.5, 0.6) is 5.75 Å². The predicted molar refractivity (Wildman–Crippen MR) is 159 cm³/mol. The molecule has 226 valence electrons. The number of hydrogen-bond acceptors (Lipinski definition) is 5. The molecule has 0 aliphatic rings. The third kappa shape index (κ3) is 8.14. The minimum Gasteiger partial charge on any atom is -0.489 e. The van der Waals surface area contributed by atoms with Gasteiger partial charge in [-0.3, -0.25) is 4.79 Å². The molecule has 0 fully saturated rings. The molecule has 0 radical (unpaired) electrons. The van der Waals surface area contributed by atoms with E-state index < -0.39 is 44.6 Å². The Morgan fingerprint density at radius 3 is 2.12 bits per heavy atom. The molecule has 0 aliphatic carbocycles. The Bertz CT molecular complexity index is 1690. The number of nitrogens with one attached hydrogen (secondary N) is 2.